The molecule has 0 spiro atoms. The SMILES string of the molecule is CCOC(=O)/C(C#N)=N/OC(=O)Oc1cc(Cl)c(Cl)cc1Cl. The molecule has 0 unspecified atom stereocenters. The monoisotopic (exact) mass is 364 g/mol. The first-order valence-corrected chi connectivity index (χ1v) is 6.71. The number of nitriles is 1. The number of halogens is 3. The second-order valence-electron chi connectivity index (χ2n) is 3.41. The number of hydrogen-bond acceptors (Lipinski definition) is 7. The lowest BCUT2D eigenvalue weighted by Crippen LogP contribution is -2.17. The molecule has 1 aromatic rings. The van der Waals surface area contributed by atoms with Crippen molar-refractivity contribution < 1.29 is 23.9 Å². The van der Waals surface area contributed by atoms with Gasteiger partial charge in [-0.25, -0.2) is 9.59 Å². The van der Waals surface area contributed by atoms with Crippen molar-refractivity contribution >= 4 is 52.6 Å². The van der Waals surface area contributed by atoms with Gasteiger partial charge in [0.2, 0.25) is 0 Å². The zero-order valence-corrected chi connectivity index (χ0v) is 13.2. The normalized spacial score (nSPS) is 10.6. The fraction of sp³-hybridized carbons (Fsp3) is 0.167. The molecule has 0 fully saturated rings. The molecule has 0 aliphatic heterocycles. The third-order valence-electron chi connectivity index (χ3n) is 1.95. The summed E-state index contributed by atoms with van der Waals surface area (Å²) < 4.78 is 9.23. The highest BCUT2D eigenvalue weighted by atomic mass is 35.5. The van der Waals surface area contributed by atoms with Crippen LogP contribution >= 0.6 is 34.8 Å². The lowest BCUT2D eigenvalue weighted by atomic mass is 10.3. The van der Waals surface area contributed by atoms with E-state index < -0.39 is 17.8 Å². The molecule has 10 heteroatoms. The summed E-state index contributed by atoms with van der Waals surface area (Å²) in [7, 11) is 0. The Kier molecular flexibility index (Phi) is 6.92. The van der Waals surface area contributed by atoms with Crippen molar-refractivity contribution in [2.75, 3.05) is 6.61 Å². The van der Waals surface area contributed by atoms with E-state index in [0.29, 0.717) is 0 Å². The van der Waals surface area contributed by atoms with Gasteiger partial charge in [0.1, 0.15) is 6.07 Å². The number of benzene rings is 1. The Morgan fingerprint density at radius 3 is 2.45 bits per heavy atom. The summed E-state index contributed by atoms with van der Waals surface area (Å²) in [6, 6.07) is 3.86. The first-order valence-electron chi connectivity index (χ1n) is 5.57. The smallest absolute Gasteiger partial charge is 0.461 e. The van der Waals surface area contributed by atoms with Crippen LogP contribution in [-0.2, 0) is 14.4 Å². The number of oxime groups is 1. The van der Waals surface area contributed by atoms with Gasteiger partial charge in [0.25, 0.3) is 5.71 Å². The van der Waals surface area contributed by atoms with E-state index in [-0.39, 0.29) is 27.4 Å². The van der Waals surface area contributed by atoms with Gasteiger partial charge >= 0.3 is 12.1 Å². The van der Waals surface area contributed by atoms with Crippen LogP contribution in [-0.4, -0.2) is 24.4 Å². The van der Waals surface area contributed by atoms with Crippen molar-refractivity contribution in [2.45, 2.75) is 6.92 Å². The highest BCUT2D eigenvalue weighted by Gasteiger charge is 2.16. The molecule has 1 rings (SSSR count). The average molecular weight is 366 g/mol. The van der Waals surface area contributed by atoms with Crippen LogP contribution in [0.15, 0.2) is 17.3 Å². The minimum Gasteiger partial charge on any atom is -0.461 e. The fourth-order valence-corrected chi connectivity index (χ4v) is 1.65. The highest BCUT2D eigenvalue weighted by molar-refractivity contribution is 6.43. The third-order valence-corrected chi connectivity index (χ3v) is 2.97. The van der Waals surface area contributed by atoms with Gasteiger partial charge in [0.05, 0.1) is 21.7 Å². The van der Waals surface area contributed by atoms with Crippen LogP contribution in [0.1, 0.15) is 6.92 Å². The second-order valence-corrected chi connectivity index (χ2v) is 4.63. The van der Waals surface area contributed by atoms with E-state index in [1.165, 1.54) is 25.1 Å². The molecule has 0 aromatic heterocycles. The van der Waals surface area contributed by atoms with E-state index in [0.717, 1.165) is 0 Å². The molecule has 0 aliphatic carbocycles. The summed E-state index contributed by atoms with van der Waals surface area (Å²) in [6.45, 7) is 1.57. The maximum absolute atomic E-state index is 11.4. The van der Waals surface area contributed by atoms with Gasteiger partial charge in [-0.1, -0.05) is 40.0 Å². The molecular weight excluding hydrogens is 358 g/mol. The Bertz CT molecular complexity index is 669. The van der Waals surface area contributed by atoms with Crippen LogP contribution in [0, 0.1) is 11.3 Å². The number of esters is 1. The Hall–Kier alpha value is -2.01. The largest absolute Gasteiger partial charge is 0.540 e. The van der Waals surface area contributed by atoms with Crippen molar-refractivity contribution in [3.63, 3.8) is 0 Å². The van der Waals surface area contributed by atoms with E-state index in [4.69, 9.17) is 44.8 Å². The van der Waals surface area contributed by atoms with E-state index >= 15 is 0 Å². The summed E-state index contributed by atoms with van der Waals surface area (Å²) in [4.78, 5) is 26.9. The van der Waals surface area contributed by atoms with Gasteiger partial charge in [-0.3, -0.25) is 4.84 Å². The molecule has 0 heterocycles. The molecule has 116 valence electrons. The molecule has 0 radical (unpaired) electrons. The predicted molar refractivity (Wildman–Crippen MR) is 78.3 cm³/mol. The third kappa shape index (κ3) is 5.07. The average Bonchev–Trinajstić information content (AvgIpc) is 2.45. The van der Waals surface area contributed by atoms with Gasteiger partial charge in [-0.15, -0.1) is 0 Å². The maximum atomic E-state index is 11.4. The highest BCUT2D eigenvalue weighted by Crippen LogP contribution is 2.33. The number of carbonyl (C=O) groups excluding carboxylic acids is 2. The van der Waals surface area contributed by atoms with Crippen LogP contribution in [0.4, 0.5) is 4.79 Å². The summed E-state index contributed by atoms with van der Waals surface area (Å²) in [5, 5.41) is 12.0. The van der Waals surface area contributed by atoms with Crippen LogP contribution in [0.2, 0.25) is 15.1 Å². The summed E-state index contributed by atoms with van der Waals surface area (Å²) in [5.74, 6) is -1.17. The number of ether oxygens (including phenoxy) is 2. The van der Waals surface area contributed by atoms with Gasteiger partial charge < -0.3 is 9.47 Å². The van der Waals surface area contributed by atoms with Gasteiger partial charge in [-0.2, -0.15) is 5.26 Å². The zero-order chi connectivity index (χ0) is 16.7. The second kappa shape index (κ2) is 8.44. The molecule has 7 nitrogen and oxygen atoms in total. The van der Waals surface area contributed by atoms with E-state index in [2.05, 4.69) is 14.7 Å². The molecule has 0 N–H and O–H groups in total. The number of carbonyl (C=O) groups is 2. The summed E-state index contributed by atoms with van der Waals surface area (Å²) in [6.07, 6.45) is -1.34. The van der Waals surface area contributed by atoms with Gasteiger partial charge in [0.15, 0.2) is 5.75 Å². The lowest BCUT2D eigenvalue weighted by molar-refractivity contribution is -0.135. The van der Waals surface area contributed by atoms with Crippen LogP contribution in [0.25, 0.3) is 0 Å². The Morgan fingerprint density at radius 2 is 1.86 bits per heavy atom. The molecule has 0 aliphatic rings. The standard InChI is InChI=1S/C12H7Cl3N2O5/c1-2-20-11(18)9(5-16)17-22-12(19)21-10-4-7(14)6(13)3-8(10)15/h3-4H,2H2,1H3/b17-9+. The van der Waals surface area contributed by atoms with Crippen LogP contribution in [0.3, 0.4) is 0 Å². The van der Waals surface area contributed by atoms with E-state index in [1.54, 1.807) is 0 Å². The number of nitrogens with zero attached hydrogens (tertiary/aromatic N) is 2. The Balaban J connectivity index is 2.77. The van der Waals surface area contributed by atoms with Gasteiger partial charge in [0, 0.05) is 6.07 Å². The molecule has 0 atom stereocenters. The minimum atomic E-state index is -1.34. The molecule has 0 bridgehead atoms. The number of hydrogen-bond donors (Lipinski definition) is 0. The first kappa shape index (κ1) is 18.0. The zero-order valence-electron chi connectivity index (χ0n) is 10.9. The van der Waals surface area contributed by atoms with Crippen LogP contribution < -0.4 is 4.74 Å². The van der Waals surface area contributed by atoms with Crippen molar-refractivity contribution in [1.29, 1.82) is 5.26 Å². The lowest BCUT2D eigenvalue weighted by Gasteiger charge is -2.05. The maximum Gasteiger partial charge on any atom is 0.540 e. The molecule has 0 amide bonds. The van der Waals surface area contributed by atoms with Crippen molar-refractivity contribution in [3.8, 4) is 11.8 Å². The molecule has 0 saturated carbocycles. The minimum absolute atomic E-state index is 0.00114. The van der Waals surface area contributed by atoms with E-state index in [1.807, 2.05) is 0 Å². The topological polar surface area (TPSA) is 98.0 Å². The molecule has 22 heavy (non-hydrogen) atoms. The van der Waals surface area contributed by atoms with Crippen molar-refractivity contribution in [2.24, 2.45) is 5.16 Å². The Morgan fingerprint density at radius 1 is 1.23 bits per heavy atom. The Labute approximate surface area is 139 Å². The number of rotatable bonds is 4. The van der Waals surface area contributed by atoms with Crippen molar-refractivity contribution in [3.05, 3.63) is 27.2 Å². The molecule has 0 saturated heterocycles. The molecule has 1 aromatic carbocycles. The quantitative estimate of drug-likeness (QED) is 0.202. The molecular formula is C12H7Cl3N2O5. The van der Waals surface area contributed by atoms with Crippen molar-refractivity contribution in [1.82, 2.24) is 0 Å². The van der Waals surface area contributed by atoms with Crippen LogP contribution in [0.5, 0.6) is 5.75 Å². The predicted octanol–water partition coefficient (Wildman–Crippen LogP) is 3.60. The van der Waals surface area contributed by atoms with Gasteiger partial charge in [-0.05, 0) is 13.0 Å². The first-order chi connectivity index (χ1) is 10.4. The summed E-state index contributed by atoms with van der Waals surface area (Å²) in [5.41, 5.74) is -0.751. The fourth-order valence-electron chi connectivity index (χ4n) is 1.08. The van der Waals surface area contributed by atoms with E-state index in [9.17, 15) is 9.59 Å². The summed E-state index contributed by atoms with van der Waals surface area (Å²) >= 11 is 17.2.